The number of methoxy groups -OCH3 is 1. The standard InChI is InChI=1S/C17H27NO2/c1-12-8-10-14(11-9-12)18(3)15-6-5-7-16(20-4)17(15)13(2)19/h5-7,12-14,19H,8-11H2,1-4H3. The molecule has 0 aromatic heterocycles. The second-order valence-corrected chi connectivity index (χ2v) is 6.09. The van der Waals surface area contributed by atoms with Crippen LogP contribution < -0.4 is 9.64 Å². The molecule has 0 bridgehead atoms. The van der Waals surface area contributed by atoms with Crippen LogP contribution in [0.15, 0.2) is 18.2 Å². The Morgan fingerprint density at radius 3 is 2.45 bits per heavy atom. The third-order valence-electron chi connectivity index (χ3n) is 4.59. The fourth-order valence-electron chi connectivity index (χ4n) is 3.26. The summed E-state index contributed by atoms with van der Waals surface area (Å²) in [5.41, 5.74) is 2.00. The highest BCUT2D eigenvalue weighted by atomic mass is 16.5. The van der Waals surface area contributed by atoms with Crippen molar-refractivity contribution in [2.24, 2.45) is 5.92 Å². The van der Waals surface area contributed by atoms with E-state index in [0.717, 1.165) is 22.9 Å². The number of ether oxygens (including phenoxy) is 1. The molecule has 1 atom stereocenters. The van der Waals surface area contributed by atoms with E-state index in [1.54, 1.807) is 14.0 Å². The van der Waals surface area contributed by atoms with Crippen molar-refractivity contribution in [3.63, 3.8) is 0 Å². The van der Waals surface area contributed by atoms with Crippen molar-refractivity contribution in [1.29, 1.82) is 0 Å². The van der Waals surface area contributed by atoms with Gasteiger partial charge in [0.05, 0.1) is 13.2 Å². The third kappa shape index (κ3) is 3.09. The van der Waals surface area contributed by atoms with Crippen LogP contribution in [0.1, 0.15) is 51.2 Å². The summed E-state index contributed by atoms with van der Waals surface area (Å²) in [6.07, 6.45) is 4.53. The van der Waals surface area contributed by atoms with Crippen molar-refractivity contribution in [3.8, 4) is 5.75 Å². The van der Waals surface area contributed by atoms with Gasteiger partial charge in [-0.15, -0.1) is 0 Å². The summed E-state index contributed by atoms with van der Waals surface area (Å²) in [6.45, 7) is 4.14. The molecule has 2 rings (SSSR count). The van der Waals surface area contributed by atoms with Gasteiger partial charge in [0.15, 0.2) is 0 Å². The molecule has 1 N–H and O–H groups in total. The molecule has 1 aromatic rings. The third-order valence-corrected chi connectivity index (χ3v) is 4.59. The number of hydrogen-bond donors (Lipinski definition) is 1. The molecule has 0 heterocycles. The van der Waals surface area contributed by atoms with Crippen molar-refractivity contribution >= 4 is 5.69 Å². The van der Waals surface area contributed by atoms with E-state index in [-0.39, 0.29) is 0 Å². The first-order valence-corrected chi connectivity index (χ1v) is 7.62. The number of benzene rings is 1. The zero-order valence-corrected chi connectivity index (χ0v) is 13.1. The second-order valence-electron chi connectivity index (χ2n) is 6.09. The van der Waals surface area contributed by atoms with Crippen LogP contribution >= 0.6 is 0 Å². The van der Waals surface area contributed by atoms with Crippen LogP contribution in [0.4, 0.5) is 5.69 Å². The van der Waals surface area contributed by atoms with Crippen LogP contribution in [0.2, 0.25) is 0 Å². The summed E-state index contributed by atoms with van der Waals surface area (Å²) in [7, 11) is 3.80. The normalized spacial score (nSPS) is 24.2. The molecule has 1 aliphatic rings. The van der Waals surface area contributed by atoms with E-state index in [1.165, 1.54) is 25.7 Å². The molecule has 3 nitrogen and oxygen atoms in total. The number of anilines is 1. The highest BCUT2D eigenvalue weighted by Crippen LogP contribution is 2.37. The predicted molar refractivity (Wildman–Crippen MR) is 83.5 cm³/mol. The van der Waals surface area contributed by atoms with Gasteiger partial charge >= 0.3 is 0 Å². The molecular weight excluding hydrogens is 250 g/mol. The molecule has 20 heavy (non-hydrogen) atoms. The van der Waals surface area contributed by atoms with E-state index in [2.05, 4.69) is 24.9 Å². The minimum Gasteiger partial charge on any atom is -0.496 e. The zero-order chi connectivity index (χ0) is 14.7. The summed E-state index contributed by atoms with van der Waals surface area (Å²) in [5, 5.41) is 10.1. The van der Waals surface area contributed by atoms with Crippen LogP contribution in [0.25, 0.3) is 0 Å². The maximum Gasteiger partial charge on any atom is 0.126 e. The number of aliphatic hydroxyl groups excluding tert-OH is 1. The average molecular weight is 277 g/mol. The van der Waals surface area contributed by atoms with Crippen LogP contribution in [0.5, 0.6) is 5.75 Å². The highest BCUT2D eigenvalue weighted by molar-refractivity contribution is 5.60. The molecule has 1 unspecified atom stereocenters. The van der Waals surface area contributed by atoms with Crippen LogP contribution in [0.3, 0.4) is 0 Å². The van der Waals surface area contributed by atoms with Crippen LogP contribution in [-0.4, -0.2) is 25.3 Å². The minimum atomic E-state index is -0.522. The summed E-state index contributed by atoms with van der Waals surface area (Å²) in [5.74, 6) is 1.62. The number of rotatable bonds is 4. The Balaban J connectivity index is 2.27. The lowest BCUT2D eigenvalue weighted by molar-refractivity contribution is 0.194. The largest absolute Gasteiger partial charge is 0.496 e. The van der Waals surface area contributed by atoms with E-state index < -0.39 is 6.10 Å². The van der Waals surface area contributed by atoms with Gasteiger partial charge in [-0.3, -0.25) is 0 Å². The van der Waals surface area contributed by atoms with Gasteiger partial charge in [-0.2, -0.15) is 0 Å². The lowest BCUT2D eigenvalue weighted by Gasteiger charge is -2.36. The molecule has 1 saturated carbocycles. The van der Waals surface area contributed by atoms with Crippen molar-refractivity contribution in [2.75, 3.05) is 19.1 Å². The molecule has 1 fully saturated rings. The van der Waals surface area contributed by atoms with E-state index >= 15 is 0 Å². The SMILES string of the molecule is COc1cccc(N(C)C2CCC(C)CC2)c1C(C)O. The second kappa shape index (κ2) is 6.49. The van der Waals surface area contributed by atoms with Crippen molar-refractivity contribution < 1.29 is 9.84 Å². The predicted octanol–water partition coefficient (Wildman–Crippen LogP) is 3.76. The van der Waals surface area contributed by atoms with Crippen LogP contribution in [-0.2, 0) is 0 Å². The Kier molecular flexibility index (Phi) is 4.92. The van der Waals surface area contributed by atoms with Gasteiger partial charge in [-0.05, 0) is 50.7 Å². The average Bonchev–Trinajstić information content (AvgIpc) is 2.46. The molecule has 0 aliphatic heterocycles. The molecule has 0 amide bonds. The van der Waals surface area contributed by atoms with Gasteiger partial charge in [0.2, 0.25) is 0 Å². The lowest BCUT2D eigenvalue weighted by Crippen LogP contribution is -2.35. The van der Waals surface area contributed by atoms with E-state index in [1.807, 2.05) is 12.1 Å². The zero-order valence-electron chi connectivity index (χ0n) is 13.1. The van der Waals surface area contributed by atoms with Gasteiger partial charge in [0.25, 0.3) is 0 Å². The summed E-state index contributed by atoms with van der Waals surface area (Å²) >= 11 is 0. The Morgan fingerprint density at radius 1 is 1.25 bits per heavy atom. The van der Waals surface area contributed by atoms with E-state index in [9.17, 15) is 5.11 Å². The minimum absolute atomic E-state index is 0.522. The first kappa shape index (κ1) is 15.2. The summed E-state index contributed by atoms with van der Waals surface area (Å²) < 4.78 is 5.42. The highest BCUT2D eigenvalue weighted by Gasteiger charge is 2.25. The Bertz CT molecular complexity index is 437. The Hall–Kier alpha value is -1.22. The fraction of sp³-hybridized carbons (Fsp3) is 0.647. The van der Waals surface area contributed by atoms with Gasteiger partial charge in [-0.25, -0.2) is 0 Å². The van der Waals surface area contributed by atoms with Gasteiger partial charge in [-0.1, -0.05) is 13.0 Å². The topological polar surface area (TPSA) is 32.7 Å². The first-order chi connectivity index (χ1) is 9.54. The molecule has 0 saturated heterocycles. The number of aliphatic hydroxyl groups is 1. The van der Waals surface area contributed by atoms with Crippen LogP contribution in [0, 0.1) is 5.92 Å². The lowest BCUT2D eigenvalue weighted by atomic mass is 9.86. The Morgan fingerprint density at radius 2 is 1.90 bits per heavy atom. The molecule has 1 aromatic carbocycles. The van der Waals surface area contributed by atoms with E-state index in [4.69, 9.17) is 4.74 Å². The fourth-order valence-corrected chi connectivity index (χ4v) is 3.26. The van der Waals surface area contributed by atoms with E-state index in [0.29, 0.717) is 6.04 Å². The van der Waals surface area contributed by atoms with Crippen molar-refractivity contribution in [1.82, 2.24) is 0 Å². The first-order valence-electron chi connectivity index (χ1n) is 7.62. The number of hydrogen-bond acceptors (Lipinski definition) is 3. The maximum atomic E-state index is 10.1. The number of nitrogens with zero attached hydrogens (tertiary/aromatic N) is 1. The van der Waals surface area contributed by atoms with Crippen molar-refractivity contribution in [3.05, 3.63) is 23.8 Å². The monoisotopic (exact) mass is 277 g/mol. The Labute approximate surface area is 122 Å². The molecular formula is C17H27NO2. The van der Waals surface area contributed by atoms with Crippen molar-refractivity contribution in [2.45, 2.75) is 51.7 Å². The summed E-state index contributed by atoms with van der Waals surface area (Å²) in [4.78, 5) is 2.33. The summed E-state index contributed by atoms with van der Waals surface area (Å²) in [6, 6.07) is 6.57. The molecule has 112 valence electrons. The van der Waals surface area contributed by atoms with Gasteiger partial charge in [0.1, 0.15) is 5.75 Å². The molecule has 3 heteroatoms. The maximum absolute atomic E-state index is 10.1. The molecule has 1 aliphatic carbocycles. The molecule has 0 spiro atoms. The molecule has 0 radical (unpaired) electrons. The quantitative estimate of drug-likeness (QED) is 0.909. The smallest absolute Gasteiger partial charge is 0.126 e. The van der Waals surface area contributed by atoms with Gasteiger partial charge < -0.3 is 14.7 Å². The van der Waals surface area contributed by atoms with Gasteiger partial charge in [0, 0.05) is 24.3 Å².